The third-order valence-electron chi connectivity index (χ3n) is 3.98. The van der Waals surface area contributed by atoms with Gasteiger partial charge in [0.25, 0.3) is 0 Å². The van der Waals surface area contributed by atoms with Crippen molar-refractivity contribution in [3.8, 4) is 5.75 Å². The standard InChI is InChI=1S/C20H21N5O2/c1-14(26)16-7-5-8-17(12-16)23-20-24-19(13-22-25-20)21-11-10-15-6-3-4-9-18(15)27-2/h3-9,12-13H,10-11H2,1-2H3,(H2,21,23,24,25). The summed E-state index contributed by atoms with van der Waals surface area (Å²) in [5.74, 6) is 1.85. The largest absolute Gasteiger partial charge is 0.496 e. The molecule has 0 fully saturated rings. The summed E-state index contributed by atoms with van der Waals surface area (Å²) in [6.45, 7) is 2.21. The van der Waals surface area contributed by atoms with Gasteiger partial charge < -0.3 is 15.4 Å². The van der Waals surface area contributed by atoms with Gasteiger partial charge in [0.15, 0.2) is 11.6 Å². The van der Waals surface area contributed by atoms with E-state index in [4.69, 9.17) is 4.74 Å². The number of hydrogen-bond donors (Lipinski definition) is 2. The Morgan fingerprint density at radius 3 is 2.81 bits per heavy atom. The van der Waals surface area contributed by atoms with Gasteiger partial charge in [0, 0.05) is 17.8 Å². The zero-order valence-electron chi connectivity index (χ0n) is 15.3. The predicted molar refractivity (Wildman–Crippen MR) is 105 cm³/mol. The molecular weight excluding hydrogens is 342 g/mol. The van der Waals surface area contributed by atoms with Gasteiger partial charge in [-0.05, 0) is 37.1 Å². The number of nitrogens with one attached hydrogen (secondary N) is 2. The summed E-state index contributed by atoms with van der Waals surface area (Å²) < 4.78 is 5.36. The summed E-state index contributed by atoms with van der Waals surface area (Å²) in [7, 11) is 1.67. The van der Waals surface area contributed by atoms with E-state index in [0.717, 1.165) is 23.4 Å². The lowest BCUT2D eigenvalue weighted by Crippen LogP contribution is -2.09. The minimum Gasteiger partial charge on any atom is -0.496 e. The van der Waals surface area contributed by atoms with Crippen molar-refractivity contribution in [2.45, 2.75) is 13.3 Å². The van der Waals surface area contributed by atoms with Crippen molar-refractivity contribution in [1.82, 2.24) is 15.2 Å². The third-order valence-corrected chi connectivity index (χ3v) is 3.98. The Morgan fingerprint density at radius 1 is 1.15 bits per heavy atom. The molecule has 0 bridgehead atoms. The van der Waals surface area contributed by atoms with Crippen LogP contribution in [0.5, 0.6) is 5.75 Å². The smallest absolute Gasteiger partial charge is 0.249 e. The molecule has 1 aromatic heterocycles. The zero-order valence-corrected chi connectivity index (χ0v) is 15.3. The van der Waals surface area contributed by atoms with Gasteiger partial charge in [-0.15, -0.1) is 5.10 Å². The third kappa shape index (κ3) is 5.01. The summed E-state index contributed by atoms with van der Waals surface area (Å²) in [6.07, 6.45) is 2.36. The van der Waals surface area contributed by atoms with E-state index < -0.39 is 0 Å². The first-order chi connectivity index (χ1) is 13.2. The number of Topliss-reactive ketones (excluding diaryl/α,β-unsaturated/α-hetero) is 1. The normalized spacial score (nSPS) is 10.3. The lowest BCUT2D eigenvalue weighted by atomic mass is 10.1. The Hall–Kier alpha value is -3.48. The average molecular weight is 363 g/mol. The predicted octanol–water partition coefficient (Wildman–Crippen LogP) is 3.48. The maximum absolute atomic E-state index is 11.5. The minimum absolute atomic E-state index is 0.00412. The van der Waals surface area contributed by atoms with Crippen LogP contribution < -0.4 is 15.4 Å². The van der Waals surface area contributed by atoms with Gasteiger partial charge in [0.2, 0.25) is 5.95 Å². The number of para-hydroxylation sites is 1. The van der Waals surface area contributed by atoms with E-state index in [1.165, 1.54) is 6.92 Å². The molecule has 0 aliphatic carbocycles. The Bertz CT molecular complexity index is 930. The summed E-state index contributed by atoms with van der Waals surface area (Å²) >= 11 is 0. The Labute approximate surface area is 157 Å². The number of carbonyl (C=O) groups excluding carboxylic acids is 1. The lowest BCUT2D eigenvalue weighted by molar-refractivity contribution is 0.101. The topological polar surface area (TPSA) is 89.0 Å². The highest BCUT2D eigenvalue weighted by Crippen LogP contribution is 2.18. The van der Waals surface area contributed by atoms with Crippen LogP contribution in [0.4, 0.5) is 17.5 Å². The van der Waals surface area contributed by atoms with Crippen LogP contribution in [0, 0.1) is 0 Å². The van der Waals surface area contributed by atoms with Crippen molar-refractivity contribution in [3.63, 3.8) is 0 Å². The van der Waals surface area contributed by atoms with E-state index in [9.17, 15) is 4.79 Å². The van der Waals surface area contributed by atoms with Gasteiger partial charge in [-0.1, -0.05) is 30.3 Å². The van der Waals surface area contributed by atoms with Crippen molar-refractivity contribution in [2.75, 3.05) is 24.3 Å². The molecule has 3 aromatic rings. The number of benzene rings is 2. The molecule has 0 radical (unpaired) electrons. The molecule has 0 spiro atoms. The van der Waals surface area contributed by atoms with Gasteiger partial charge in [-0.3, -0.25) is 4.79 Å². The molecule has 138 valence electrons. The fraction of sp³-hybridized carbons (Fsp3) is 0.200. The number of ether oxygens (including phenoxy) is 1. The first kappa shape index (κ1) is 18.3. The van der Waals surface area contributed by atoms with Gasteiger partial charge in [0.1, 0.15) is 5.75 Å². The number of hydrogen-bond acceptors (Lipinski definition) is 7. The number of nitrogens with zero attached hydrogens (tertiary/aromatic N) is 3. The van der Waals surface area contributed by atoms with Gasteiger partial charge in [-0.25, -0.2) is 0 Å². The van der Waals surface area contributed by atoms with Gasteiger partial charge in [0.05, 0.1) is 13.3 Å². The van der Waals surface area contributed by atoms with E-state index in [2.05, 4.69) is 25.8 Å². The van der Waals surface area contributed by atoms with Crippen molar-refractivity contribution in [3.05, 3.63) is 65.9 Å². The number of aromatic nitrogens is 3. The molecule has 7 heteroatoms. The summed E-state index contributed by atoms with van der Waals surface area (Å²) in [5, 5.41) is 14.3. The fourth-order valence-electron chi connectivity index (χ4n) is 2.62. The molecule has 0 aliphatic heterocycles. The fourth-order valence-corrected chi connectivity index (χ4v) is 2.62. The number of rotatable bonds is 8. The number of methoxy groups -OCH3 is 1. The SMILES string of the molecule is COc1ccccc1CCNc1cnnc(Nc2cccc(C(C)=O)c2)n1. The van der Waals surface area contributed by atoms with E-state index in [0.29, 0.717) is 23.9 Å². The maximum atomic E-state index is 11.5. The van der Waals surface area contributed by atoms with Crippen molar-refractivity contribution in [1.29, 1.82) is 0 Å². The van der Waals surface area contributed by atoms with Crippen LogP contribution in [0.15, 0.2) is 54.7 Å². The van der Waals surface area contributed by atoms with Gasteiger partial charge in [-0.2, -0.15) is 10.1 Å². The van der Waals surface area contributed by atoms with Gasteiger partial charge >= 0.3 is 0 Å². The van der Waals surface area contributed by atoms with E-state index in [1.54, 1.807) is 25.4 Å². The molecule has 0 unspecified atom stereocenters. The second kappa shape index (κ2) is 8.75. The molecule has 0 amide bonds. The summed E-state index contributed by atoms with van der Waals surface area (Å²) in [4.78, 5) is 15.9. The highest BCUT2D eigenvalue weighted by Gasteiger charge is 2.05. The van der Waals surface area contributed by atoms with Crippen LogP contribution >= 0.6 is 0 Å². The van der Waals surface area contributed by atoms with Crippen molar-refractivity contribution in [2.24, 2.45) is 0 Å². The second-order valence-corrected chi connectivity index (χ2v) is 5.92. The van der Waals surface area contributed by atoms with E-state index in [-0.39, 0.29) is 5.78 Å². The first-order valence-corrected chi connectivity index (χ1v) is 8.59. The Morgan fingerprint density at radius 2 is 2.00 bits per heavy atom. The number of ketones is 1. The zero-order chi connectivity index (χ0) is 19.1. The van der Waals surface area contributed by atoms with Crippen molar-refractivity contribution < 1.29 is 9.53 Å². The maximum Gasteiger partial charge on any atom is 0.249 e. The molecule has 27 heavy (non-hydrogen) atoms. The van der Waals surface area contributed by atoms with Crippen LogP contribution in [0.3, 0.4) is 0 Å². The molecule has 0 aliphatic rings. The van der Waals surface area contributed by atoms with Crippen LogP contribution in [0.25, 0.3) is 0 Å². The molecule has 2 N–H and O–H groups in total. The highest BCUT2D eigenvalue weighted by atomic mass is 16.5. The Kier molecular flexibility index (Phi) is 5.94. The molecule has 0 saturated heterocycles. The Balaban J connectivity index is 1.62. The average Bonchev–Trinajstić information content (AvgIpc) is 2.69. The minimum atomic E-state index is 0.00412. The molecule has 2 aromatic carbocycles. The monoisotopic (exact) mass is 363 g/mol. The van der Waals surface area contributed by atoms with E-state index >= 15 is 0 Å². The second-order valence-electron chi connectivity index (χ2n) is 5.92. The highest BCUT2D eigenvalue weighted by molar-refractivity contribution is 5.95. The van der Waals surface area contributed by atoms with Crippen LogP contribution in [0.1, 0.15) is 22.8 Å². The molecule has 0 saturated carbocycles. The molecule has 3 rings (SSSR count). The first-order valence-electron chi connectivity index (χ1n) is 8.59. The lowest BCUT2D eigenvalue weighted by Gasteiger charge is -2.10. The number of carbonyl (C=O) groups is 1. The summed E-state index contributed by atoms with van der Waals surface area (Å²) in [6, 6.07) is 15.1. The molecular formula is C20H21N5O2. The molecule has 7 nitrogen and oxygen atoms in total. The number of anilines is 3. The quantitative estimate of drug-likeness (QED) is 0.592. The molecule has 0 atom stereocenters. The van der Waals surface area contributed by atoms with Crippen LogP contribution in [0.2, 0.25) is 0 Å². The van der Waals surface area contributed by atoms with Crippen molar-refractivity contribution >= 4 is 23.2 Å². The van der Waals surface area contributed by atoms with E-state index in [1.807, 2.05) is 36.4 Å². The molecule has 1 heterocycles. The summed E-state index contributed by atoms with van der Waals surface area (Å²) in [5.41, 5.74) is 2.48. The van der Waals surface area contributed by atoms with Crippen LogP contribution in [-0.2, 0) is 6.42 Å². The van der Waals surface area contributed by atoms with Crippen LogP contribution in [-0.4, -0.2) is 34.6 Å².